The summed E-state index contributed by atoms with van der Waals surface area (Å²) in [5.74, 6) is -1.51. The van der Waals surface area contributed by atoms with E-state index >= 15 is 0 Å². The molecule has 0 saturated carbocycles. The SMILES string of the molecule is CSc1ccc(F)c(C2CC(C(=O)O)CN2)c1. The standard InChI is InChI=1S/C12H14FNO2S/c1-17-8-2-3-10(13)9(5-8)11-4-7(6-14-11)12(15)16/h2-3,5,7,11,14H,4,6H2,1H3,(H,15,16). The van der Waals surface area contributed by atoms with E-state index in [9.17, 15) is 9.18 Å². The Hall–Kier alpha value is -1.07. The van der Waals surface area contributed by atoms with Crippen molar-refractivity contribution in [3.8, 4) is 0 Å². The molecule has 0 aliphatic carbocycles. The van der Waals surface area contributed by atoms with Gasteiger partial charge >= 0.3 is 5.97 Å². The summed E-state index contributed by atoms with van der Waals surface area (Å²) in [7, 11) is 0. The maximum atomic E-state index is 13.7. The summed E-state index contributed by atoms with van der Waals surface area (Å²) < 4.78 is 13.7. The molecular weight excluding hydrogens is 241 g/mol. The first-order chi connectivity index (χ1) is 8.11. The number of hydrogen-bond donors (Lipinski definition) is 2. The number of rotatable bonds is 3. The van der Waals surface area contributed by atoms with Crippen LogP contribution in [-0.2, 0) is 4.79 Å². The number of carboxylic acids is 1. The Morgan fingerprint density at radius 1 is 1.59 bits per heavy atom. The van der Waals surface area contributed by atoms with Crippen molar-refractivity contribution >= 4 is 17.7 Å². The van der Waals surface area contributed by atoms with Crippen molar-refractivity contribution in [1.82, 2.24) is 5.32 Å². The van der Waals surface area contributed by atoms with Gasteiger partial charge in [0.2, 0.25) is 0 Å². The summed E-state index contributed by atoms with van der Waals surface area (Å²) in [6.45, 7) is 0.406. The Balaban J connectivity index is 2.20. The van der Waals surface area contributed by atoms with Crippen molar-refractivity contribution in [3.05, 3.63) is 29.6 Å². The Morgan fingerprint density at radius 3 is 2.94 bits per heavy atom. The molecule has 2 unspecified atom stereocenters. The minimum atomic E-state index is -0.818. The zero-order valence-electron chi connectivity index (χ0n) is 9.44. The number of benzene rings is 1. The lowest BCUT2D eigenvalue weighted by molar-refractivity contribution is -0.141. The molecule has 0 spiro atoms. The largest absolute Gasteiger partial charge is 0.481 e. The molecule has 1 fully saturated rings. The van der Waals surface area contributed by atoms with Crippen molar-refractivity contribution in [1.29, 1.82) is 0 Å². The molecule has 1 aliphatic heterocycles. The molecule has 2 atom stereocenters. The second-order valence-corrected chi connectivity index (χ2v) is 5.00. The number of nitrogens with one attached hydrogen (secondary N) is 1. The van der Waals surface area contributed by atoms with Gasteiger partial charge in [0.1, 0.15) is 5.82 Å². The van der Waals surface area contributed by atoms with E-state index in [0.717, 1.165) is 4.90 Å². The Morgan fingerprint density at radius 2 is 2.35 bits per heavy atom. The molecule has 3 nitrogen and oxygen atoms in total. The fourth-order valence-corrected chi connectivity index (χ4v) is 2.53. The number of hydrogen-bond acceptors (Lipinski definition) is 3. The normalized spacial score (nSPS) is 23.9. The molecule has 2 N–H and O–H groups in total. The van der Waals surface area contributed by atoms with Crippen LogP contribution in [0.4, 0.5) is 4.39 Å². The molecule has 1 aliphatic rings. The molecule has 92 valence electrons. The van der Waals surface area contributed by atoms with E-state index < -0.39 is 11.9 Å². The van der Waals surface area contributed by atoms with Gasteiger partial charge in [-0.25, -0.2) is 4.39 Å². The molecule has 1 aromatic carbocycles. The van der Waals surface area contributed by atoms with E-state index in [1.54, 1.807) is 23.9 Å². The summed E-state index contributed by atoms with van der Waals surface area (Å²) in [5, 5.41) is 12.0. The third-order valence-electron chi connectivity index (χ3n) is 3.06. The van der Waals surface area contributed by atoms with E-state index in [-0.39, 0.29) is 11.9 Å². The average Bonchev–Trinajstić information content (AvgIpc) is 2.79. The predicted molar refractivity (Wildman–Crippen MR) is 64.7 cm³/mol. The Bertz CT molecular complexity index is 439. The van der Waals surface area contributed by atoms with E-state index in [4.69, 9.17) is 5.11 Å². The van der Waals surface area contributed by atoms with Gasteiger partial charge in [0.25, 0.3) is 0 Å². The predicted octanol–water partition coefficient (Wildman–Crippen LogP) is 2.28. The number of halogens is 1. The van der Waals surface area contributed by atoms with Crippen LogP contribution < -0.4 is 5.32 Å². The summed E-state index contributed by atoms with van der Waals surface area (Å²) in [5.41, 5.74) is 0.570. The first-order valence-electron chi connectivity index (χ1n) is 5.41. The highest BCUT2D eigenvalue weighted by atomic mass is 32.2. The van der Waals surface area contributed by atoms with Crippen molar-refractivity contribution in [2.45, 2.75) is 17.4 Å². The summed E-state index contributed by atoms with van der Waals surface area (Å²) in [6.07, 6.45) is 2.38. The first kappa shape index (κ1) is 12.4. The second kappa shape index (κ2) is 5.06. The highest BCUT2D eigenvalue weighted by Crippen LogP contribution is 2.31. The van der Waals surface area contributed by atoms with Gasteiger partial charge in [-0.3, -0.25) is 4.79 Å². The Kier molecular flexibility index (Phi) is 3.69. The molecule has 2 rings (SSSR count). The van der Waals surface area contributed by atoms with Crippen molar-refractivity contribution in [2.24, 2.45) is 5.92 Å². The molecular formula is C12H14FNO2S. The van der Waals surface area contributed by atoms with Crippen LogP contribution >= 0.6 is 11.8 Å². The van der Waals surface area contributed by atoms with Crippen molar-refractivity contribution in [3.63, 3.8) is 0 Å². The van der Waals surface area contributed by atoms with Gasteiger partial charge in [0.05, 0.1) is 5.92 Å². The molecule has 0 aromatic heterocycles. The van der Waals surface area contributed by atoms with Crippen LogP contribution in [-0.4, -0.2) is 23.9 Å². The van der Waals surface area contributed by atoms with Gasteiger partial charge in [-0.15, -0.1) is 11.8 Å². The number of aliphatic carboxylic acids is 1. The van der Waals surface area contributed by atoms with Crippen molar-refractivity contribution < 1.29 is 14.3 Å². The van der Waals surface area contributed by atoms with Crippen LogP contribution in [0.5, 0.6) is 0 Å². The van der Waals surface area contributed by atoms with Crippen LogP contribution in [0.15, 0.2) is 23.1 Å². The lowest BCUT2D eigenvalue weighted by atomic mass is 10.00. The van der Waals surface area contributed by atoms with Crippen LogP contribution in [0, 0.1) is 11.7 Å². The first-order valence-corrected chi connectivity index (χ1v) is 6.64. The molecule has 0 bridgehead atoms. The minimum Gasteiger partial charge on any atom is -0.481 e. The van der Waals surface area contributed by atoms with Gasteiger partial charge in [-0.05, 0) is 30.9 Å². The lowest BCUT2D eigenvalue weighted by Crippen LogP contribution is -2.17. The third kappa shape index (κ3) is 2.61. The number of carboxylic acid groups (broad SMARTS) is 1. The molecule has 17 heavy (non-hydrogen) atoms. The molecule has 5 heteroatoms. The zero-order chi connectivity index (χ0) is 12.4. The van der Waals surface area contributed by atoms with E-state index in [0.29, 0.717) is 18.5 Å². The zero-order valence-corrected chi connectivity index (χ0v) is 10.3. The smallest absolute Gasteiger partial charge is 0.307 e. The van der Waals surface area contributed by atoms with Crippen LogP contribution in [0.1, 0.15) is 18.0 Å². The summed E-state index contributed by atoms with van der Waals surface area (Å²) >= 11 is 1.55. The van der Waals surface area contributed by atoms with Gasteiger partial charge in [-0.2, -0.15) is 0 Å². The van der Waals surface area contributed by atoms with Gasteiger partial charge in [0, 0.05) is 23.0 Å². The van der Waals surface area contributed by atoms with Crippen LogP contribution in [0.25, 0.3) is 0 Å². The Labute approximate surface area is 103 Å². The molecule has 1 aromatic rings. The second-order valence-electron chi connectivity index (χ2n) is 4.12. The number of thioether (sulfide) groups is 1. The lowest BCUT2D eigenvalue weighted by Gasteiger charge is -2.12. The van der Waals surface area contributed by atoms with E-state index in [1.165, 1.54) is 6.07 Å². The van der Waals surface area contributed by atoms with Crippen LogP contribution in [0.2, 0.25) is 0 Å². The van der Waals surface area contributed by atoms with E-state index in [1.807, 2.05) is 6.26 Å². The van der Waals surface area contributed by atoms with Crippen molar-refractivity contribution in [2.75, 3.05) is 12.8 Å². The van der Waals surface area contributed by atoms with Gasteiger partial charge in [-0.1, -0.05) is 0 Å². The summed E-state index contributed by atoms with van der Waals surface area (Å²) in [6, 6.07) is 4.77. The highest BCUT2D eigenvalue weighted by Gasteiger charge is 2.31. The number of carbonyl (C=O) groups is 1. The highest BCUT2D eigenvalue weighted by molar-refractivity contribution is 7.98. The average molecular weight is 255 g/mol. The maximum absolute atomic E-state index is 13.7. The summed E-state index contributed by atoms with van der Waals surface area (Å²) in [4.78, 5) is 11.8. The fraction of sp³-hybridized carbons (Fsp3) is 0.417. The van der Waals surface area contributed by atoms with E-state index in [2.05, 4.69) is 5.32 Å². The maximum Gasteiger partial charge on any atom is 0.307 e. The quantitative estimate of drug-likeness (QED) is 0.814. The third-order valence-corrected chi connectivity index (χ3v) is 3.78. The monoisotopic (exact) mass is 255 g/mol. The van der Waals surface area contributed by atoms with Gasteiger partial charge in [0.15, 0.2) is 0 Å². The molecule has 0 amide bonds. The molecule has 0 radical (unpaired) electrons. The minimum absolute atomic E-state index is 0.191. The van der Waals surface area contributed by atoms with Crippen LogP contribution in [0.3, 0.4) is 0 Å². The molecule has 1 heterocycles. The fourth-order valence-electron chi connectivity index (χ4n) is 2.08. The molecule has 1 saturated heterocycles. The topological polar surface area (TPSA) is 49.3 Å². The van der Waals surface area contributed by atoms with Gasteiger partial charge < -0.3 is 10.4 Å².